The molecule has 1 aromatic heterocycles. The molecular formula is C32H39F2N5O5S. The quantitative estimate of drug-likeness (QED) is 0.167. The van der Waals surface area contributed by atoms with E-state index in [-0.39, 0.29) is 23.2 Å². The summed E-state index contributed by atoms with van der Waals surface area (Å²) in [5.41, 5.74) is 2.36. The van der Waals surface area contributed by atoms with Gasteiger partial charge in [-0.3, -0.25) is 4.90 Å². The number of sulfonamides is 1. The average Bonchev–Trinajstić information content (AvgIpc) is 3.53. The molecule has 10 nitrogen and oxygen atoms in total. The number of hydrogen-bond donors (Lipinski definition) is 5. The Labute approximate surface area is 261 Å². The largest absolute Gasteiger partial charge is 0.495 e. The summed E-state index contributed by atoms with van der Waals surface area (Å²) in [6, 6.07) is 12.1. The van der Waals surface area contributed by atoms with Gasteiger partial charge in [0.1, 0.15) is 5.75 Å². The van der Waals surface area contributed by atoms with Gasteiger partial charge in [-0.05, 0) is 68.0 Å². The van der Waals surface area contributed by atoms with Gasteiger partial charge < -0.3 is 30.2 Å². The second-order valence-corrected chi connectivity index (χ2v) is 13.2. The van der Waals surface area contributed by atoms with E-state index < -0.39 is 34.7 Å². The number of primary sulfonamides is 1. The van der Waals surface area contributed by atoms with E-state index >= 15 is 0 Å². The molecule has 1 aliphatic carbocycles. The lowest BCUT2D eigenvalue weighted by atomic mass is 9.90. The number of ether oxygens (including phenoxy) is 1. The summed E-state index contributed by atoms with van der Waals surface area (Å²) >= 11 is 0. The van der Waals surface area contributed by atoms with Gasteiger partial charge in [-0.15, -0.1) is 0 Å². The minimum Gasteiger partial charge on any atom is -0.495 e. The Hall–Kier alpha value is -3.67. The highest BCUT2D eigenvalue weighted by Crippen LogP contribution is 2.33. The predicted molar refractivity (Wildman–Crippen MR) is 170 cm³/mol. The smallest absolute Gasteiger partial charge is 0.283 e. The van der Waals surface area contributed by atoms with Crippen LogP contribution < -0.4 is 20.5 Å². The summed E-state index contributed by atoms with van der Waals surface area (Å²) in [6.07, 6.45) is 2.90. The van der Waals surface area contributed by atoms with Crippen LogP contribution in [-0.4, -0.2) is 85.1 Å². The Balaban J connectivity index is 1.34. The van der Waals surface area contributed by atoms with E-state index in [1.807, 2.05) is 18.2 Å². The minimum absolute atomic E-state index is 0.0904. The molecule has 0 radical (unpaired) electrons. The summed E-state index contributed by atoms with van der Waals surface area (Å²) in [6.45, 7) is 3.78. The maximum atomic E-state index is 14.6. The van der Waals surface area contributed by atoms with Crippen LogP contribution in [0.1, 0.15) is 31.4 Å². The molecule has 1 aliphatic heterocycles. The normalized spacial score (nSPS) is 22.5. The summed E-state index contributed by atoms with van der Waals surface area (Å²) in [5.74, 6) is 3.11. The van der Waals surface area contributed by atoms with Gasteiger partial charge in [0, 0.05) is 42.3 Å². The first-order valence-corrected chi connectivity index (χ1v) is 16.4. The molecule has 6 N–H and O–H groups in total. The van der Waals surface area contributed by atoms with Gasteiger partial charge in [0.15, 0.2) is 0 Å². The summed E-state index contributed by atoms with van der Waals surface area (Å²) in [4.78, 5) is 2.08. The molecule has 1 saturated carbocycles. The zero-order valence-corrected chi connectivity index (χ0v) is 25.9. The molecule has 2 aliphatic rings. The maximum Gasteiger partial charge on any atom is 0.283 e. The predicted octanol–water partition coefficient (Wildman–Crippen LogP) is 3.34. The van der Waals surface area contributed by atoms with Gasteiger partial charge in [-0.1, -0.05) is 18.6 Å². The number of nitrogens with zero attached hydrogens (tertiary/aromatic N) is 2. The van der Waals surface area contributed by atoms with Crippen molar-refractivity contribution in [2.24, 2.45) is 5.14 Å². The standard InChI is InChI=1S/C32H39F2N5O5S/c1-3-32(33,34)20-39-23(6-5-15-36-27-14-13-24(45(35,42)43)17-31(27)44-2)16-25-26(7-4-8-28(25)39)37-21-9-11-22(12-10-21)38-18-29(40)30(41)19-38/h3-4,7-8,13-14,16-17,21-22,29-30,36-37,40-41H,1,9-12,15,18-20H2,2H3,(H2,35,42,43)/t21?,22?,29-,30-/m0/s1. The number of rotatable bonds is 10. The number of likely N-dealkylation sites (tertiary alicyclic amines) is 1. The van der Waals surface area contributed by atoms with E-state index in [1.54, 1.807) is 6.07 Å². The fourth-order valence-electron chi connectivity index (χ4n) is 6.13. The zero-order valence-electron chi connectivity index (χ0n) is 25.0. The molecule has 3 aromatic rings. The average molecular weight is 644 g/mol. The lowest BCUT2D eigenvalue weighted by Gasteiger charge is -2.35. The van der Waals surface area contributed by atoms with E-state index in [1.165, 1.54) is 29.9 Å². The van der Waals surface area contributed by atoms with Crippen molar-refractivity contribution in [3.8, 4) is 17.6 Å². The second kappa shape index (κ2) is 13.4. The van der Waals surface area contributed by atoms with E-state index in [0.717, 1.165) is 36.8 Å². The number of benzene rings is 2. The number of alkyl halides is 2. The van der Waals surface area contributed by atoms with Gasteiger partial charge in [0.25, 0.3) is 5.92 Å². The van der Waals surface area contributed by atoms with Gasteiger partial charge in [0.2, 0.25) is 10.0 Å². The van der Waals surface area contributed by atoms with Gasteiger partial charge >= 0.3 is 0 Å². The van der Waals surface area contributed by atoms with Gasteiger partial charge in [-0.25, -0.2) is 22.3 Å². The van der Waals surface area contributed by atoms with Gasteiger partial charge in [0.05, 0.1) is 54.2 Å². The van der Waals surface area contributed by atoms with Gasteiger partial charge in [-0.2, -0.15) is 0 Å². The third-order valence-corrected chi connectivity index (χ3v) is 9.47. The molecule has 45 heavy (non-hydrogen) atoms. The van der Waals surface area contributed by atoms with E-state index in [9.17, 15) is 27.4 Å². The zero-order chi connectivity index (χ0) is 32.4. The third kappa shape index (κ3) is 7.59. The number of methoxy groups -OCH3 is 1. The van der Waals surface area contributed by atoms with Crippen LogP contribution in [0.15, 0.2) is 60.0 Å². The van der Waals surface area contributed by atoms with Crippen LogP contribution in [0.4, 0.5) is 20.2 Å². The third-order valence-electron chi connectivity index (χ3n) is 8.56. The Morgan fingerprint density at radius 2 is 1.82 bits per heavy atom. The second-order valence-electron chi connectivity index (χ2n) is 11.6. The number of allylic oxidation sites excluding steroid dienone is 1. The van der Waals surface area contributed by atoms with Crippen LogP contribution in [0.3, 0.4) is 0 Å². The molecule has 2 fully saturated rings. The van der Waals surface area contributed by atoms with Crippen molar-refractivity contribution in [1.82, 2.24) is 9.47 Å². The van der Waals surface area contributed by atoms with Crippen LogP contribution in [0, 0.1) is 11.8 Å². The first-order chi connectivity index (χ1) is 21.4. The molecule has 13 heteroatoms. The highest BCUT2D eigenvalue weighted by atomic mass is 32.2. The van der Waals surface area contributed by atoms with E-state index in [2.05, 4.69) is 34.0 Å². The van der Waals surface area contributed by atoms with Crippen molar-refractivity contribution in [3.63, 3.8) is 0 Å². The Morgan fingerprint density at radius 1 is 1.11 bits per heavy atom. The molecule has 0 amide bonds. The molecule has 2 atom stereocenters. The first-order valence-electron chi connectivity index (χ1n) is 14.8. The molecule has 0 bridgehead atoms. The SMILES string of the molecule is C=CC(F)(F)Cn1c(C#CCNc2ccc(S(N)(=O)=O)cc2OC)cc2c(NC3CCC(N4C[C@H](O)[C@@H](O)C4)CC3)cccc21. The number of nitrogens with one attached hydrogen (secondary N) is 2. The van der Waals surface area contributed by atoms with Crippen molar-refractivity contribution in [2.75, 3.05) is 37.4 Å². The topological polar surface area (TPSA) is 142 Å². The van der Waals surface area contributed by atoms with Crippen LogP contribution in [0.5, 0.6) is 5.75 Å². The molecular weight excluding hydrogens is 604 g/mol. The van der Waals surface area contributed by atoms with Crippen molar-refractivity contribution in [1.29, 1.82) is 0 Å². The first kappa shape index (κ1) is 32.7. The van der Waals surface area contributed by atoms with E-state index in [0.29, 0.717) is 42.1 Å². The number of aliphatic hydroxyl groups excluding tert-OH is 2. The maximum absolute atomic E-state index is 14.6. The molecule has 1 saturated heterocycles. The highest BCUT2D eigenvalue weighted by molar-refractivity contribution is 7.89. The molecule has 242 valence electrons. The van der Waals surface area contributed by atoms with Crippen molar-refractivity contribution >= 4 is 32.3 Å². The van der Waals surface area contributed by atoms with Crippen LogP contribution in [0.25, 0.3) is 10.9 Å². The lowest BCUT2D eigenvalue weighted by Crippen LogP contribution is -2.39. The number of anilines is 2. The number of aromatic nitrogens is 1. The highest BCUT2D eigenvalue weighted by Gasteiger charge is 2.35. The summed E-state index contributed by atoms with van der Waals surface area (Å²) in [7, 11) is -2.50. The summed E-state index contributed by atoms with van der Waals surface area (Å²) in [5, 5.41) is 32.5. The number of aliphatic hydroxyl groups is 2. The number of β-amino-alcohol motifs (C(OH)–C–C–N with tert-alkyl or cyclic N) is 2. The van der Waals surface area contributed by atoms with Crippen molar-refractivity contribution < 1.29 is 32.1 Å². The molecule has 0 spiro atoms. The fraction of sp³-hybridized carbons (Fsp3) is 0.438. The van der Waals surface area contributed by atoms with Crippen molar-refractivity contribution in [2.45, 2.75) is 67.3 Å². The van der Waals surface area contributed by atoms with Crippen molar-refractivity contribution in [3.05, 3.63) is 60.8 Å². The van der Waals surface area contributed by atoms with E-state index in [4.69, 9.17) is 9.88 Å². The Morgan fingerprint density at radius 3 is 2.47 bits per heavy atom. The van der Waals surface area contributed by atoms with Crippen LogP contribution >= 0.6 is 0 Å². The fourth-order valence-corrected chi connectivity index (χ4v) is 6.66. The molecule has 5 rings (SSSR count). The minimum atomic E-state index is -3.90. The lowest BCUT2D eigenvalue weighted by molar-refractivity contribution is 0.0375. The number of nitrogens with two attached hydrogens (primary N) is 1. The number of hydrogen-bond acceptors (Lipinski definition) is 8. The number of halogens is 2. The molecule has 2 aromatic carbocycles. The number of fused-ring (bicyclic) bond motifs is 1. The van der Waals surface area contributed by atoms with Crippen LogP contribution in [-0.2, 0) is 16.6 Å². The van der Waals surface area contributed by atoms with Crippen LogP contribution in [0.2, 0.25) is 0 Å². The molecule has 0 unspecified atom stereocenters. The Kier molecular flexibility index (Phi) is 9.71. The Bertz CT molecular complexity index is 1700. The molecule has 2 heterocycles. The monoisotopic (exact) mass is 643 g/mol. The summed E-state index contributed by atoms with van der Waals surface area (Å²) < 4.78 is 59.3.